The molecule has 2 atom stereocenters. The molecular weight excluding hydrogens is 725 g/mol. The molecule has 0 bridgehead atoms. The van der Waals surface area contributed by atoms with Crippen molar-refractivity contribution in [2.24, 2.45) is 11.8 Å². The Morgan fingerprint density at radius 1 is 0.491 bits per heavy atom. The predicted octanol–water partition coefficient (Wildman–Crippen LogP) is 15.4. The van der Waals surface area contributed by atoms with Crippen molar-refractivity contribution in [2.75, 3.05) is 0 Å². The third-order valence-electron chi connectivity index (χ3n) is 11.6. The van der Waals surface area contributed by atoms with E-state index in [4.69, 9.17) is 27.9 Å². The molecule has 0 aliphatic heterocycles. The molecule has 0 saturated heterocycles. The van der Waals surface area contributed by atoms with E-state index in [-0.39, 0.29) is 11.6 Å². The molecule has 1 nitrogen and oxygen atoms in total. The van der Waals surface area contributed by atoms with Gasteiger partial charge in [0, 0.05) is 32.3 Å². The minimum Gasteiger partial charge on any atom is -0.456 e. The zero-order valence-corrected chi connectivity index (χ0v) is 32.5. The SMILES string of the molecule is Fc1ccc(CCCC(c2ccc(Cl)cc2)C2CC2)cc1-c1ccccc1Oc1ccccc1-c1cc(CCCC(c2ccc(Cl)cc2)C2CC2)ccc1F. The number of benzene rings is 6. The zero-order chi connectivity index (χ0) is 37.7. The van der Waals surface area contributed by atoms with Crippen molar-refractivity contribution in [1.29, 1.82) is 0 Å². The molecule has 0 heterocycles. The Morgan fingerprint density at radius 2 is 0.891 bits per heavy atom. The van der Waals surface area contributed by atoms with Gasteiger partial charge in [-0.15, -0.1) is 0 Å². The second-order valence-electron chi connectivity index (χ2n) is 15.5. The fourth-order valence-corrected chi connectivity index (χ4v) is 8.61. The van der Waals surface area contributed by atoms with E-state index in [0.717, 1.165) is 71.5 Å². The van der Waals surface area contributed by atoms with Gasteiger partial charge in [0.25, 0.3) is 0 Å². The Labute approximate surface area is 334 Å². The fraction of sp³-hybridized carbons (Fsp3) is 0.280. The minimum atomic E-state index is -0.302. The van der Waals surface area contributed by atoms with Crippen LogP contribution in [0.15, 0.2) is 133 Å². The van der Waals surface area contributed by atoms with Gasteiger partial charge in [-0.2, -0.15) is 0 Å². The topological polar surface area (TPSA) is 9.23 Å². The summed E-state index contributed by atoms with van der Waals surface area (Å²) in [5.41, 5.74) is 7.22. The van der Waals surface area contributed by atoms with Crippen molar-refractivity contribution in [3.8, 4) is 33.8 Å². The van der Waals surface area contributed by atoms with Gasteiger partial charge in [0.1, 0.15) is 23.1 Å². The van der Waals surface area contributed by atoms with Gasteiger partial charge >= 0.3 is 0 Å². The summed E-state index contributed by atoms with van der Waals surface area (Å²) in [5.74, 6) is 2.96. The van der Waals surface area contributed by atoms with Crippen molar-refractivity contribution in [1.82, 2.24) is 0 Å². The molecule has 2 fully saturated rings. The van der Waals surface area contributed by atoms with E-state index in [9.17, 15) is 0 Å². The summed E-state index contributed by atoms with van der Waals surface area (Å²) in [5, 5.41) is 1.53. The number of halogens is 4. The lowest BCUT2D eigenvalue weighted by Gasteiger charge is -2.18. The first-order chi connectivity index (χ1) is 26.9. The van der Waals surface area contributed by atoms with Gasteiger partial charge in [-0.1, -0.05) is 96.0 Å². The summed E-state index contributed by atoms with van der Waals surface area (Å²) in [4.78, 5) is 0. The molecule has 5 heteroatoms. The van der Waals surface area contributed by atoms with Crippen LogP contribution >= 0.6 is 23.2 Å². The predicted molar refractivity (Wildman–Crippen MR) is 223 cm³/mol. The quantitative estimate of drug-likeness (QED) is 0.0952. The zero-order valence-electron chi connectivity index (χ0n) is 31.0. The standard InChI is InChI=1S/C50H46Cl2F2O/c51-39-25-21-37(22-26-39)41(35-17-18-35)11-5-7-33-15-29-47(53)45(31-33)43-9-1-3-13-49(43)55-50-14-4-2-10-44(50)46-32-34(16-30-48(46)54)8-6-12-42(36-19-20-36)38-23-27-40(52)28-24-38/h1-4,9-10,13-16,21-32,35-36,41-42H,5-8,11-12,17-20H2. The van der Waals surface area contributed by atoms with Crippen molar-refractivity contribution < 1.29 is 13.5 Å². The molecule has 0 aromatic heterocycles. The number of ether oxygens (including phenoxy) is 1. The van der Waals surface area contributed by atoms with Gasteiger partial charge in [0.05, 0.1) is 0 Å². The number of hydrogen-bond acceptors (Lipinski definition) is 1. The average Bonchev–Trinajstić information content (AvgIpc) is 4.14. The molecule has 2 saturated carbocycles. The van der Waals surface area contributed by atoms with Crippen LogP contribution in [0.1, 0.15) is 85.5 Å². The lowest BCUT2D eigenvalue weighted by atomic mass is 9.88. The molecule has 0 spiro atoms. The van der Waals surface area contributed by atoms with E-state index >= 15 is 8.78 Å². The molecule has 8 rings (SSSR count). The molecule has 0 radical (unpaired) electrons. The Kier molecular flexibility index (Phi) is 11.7. The van der Waals surface area contributed by atoms with E-state index in [2.05, 4.69) is 24.3 Å². The fourth-order valence-electron chi connectivity index (χ4n) is 8.36. The van der Waals surface area contributed by atoms with Crippen molar-refractivity contribution in [3.05, 3.63) is 177 Å². The van der Waals surface area contributed by atoms with Crippen LogP contribution in [0.5, 0.6) is 11.5 Å². The highest BCUT2D eigenvalue weighted by Crippen LogP contribution is 2.47. The molecule has 2 unspecified atom stereocenters. The van der Waals surface area contributed by atoms with Crippen LogP contribution in [0, 0.1) is 23.5 Å². The minimum absolute atomic E-state index is 0.302. The van der Waals surface area contributed by atoms with Gasteiger partial charge in [-0.25, -0.2) is 8.78 Å². The van der Waals surface area contributed by atoms with E-state index in [1.54, 1.807) is 12.1 Å². The monoisotopic (exact) mass is 770 g/mol. The van der Waals surface area contributed by atoms with Gasteiger partial charge < -0.3 is 4.74 Å². The summed E-state index contributed by atoms with van der Waals surface area (Å²) in [6.07, 6.45) is 11.0. The maximum atomic E-state index is 15.6. The summed E-state index contributed by atoms with van der Waals surface area (Å²) in [7, 11) is 0. The van der Waals surface area contributed by atoms with Crippen LogP contribution in [0.2, 0.25) is 10.0 Å². The second kappa shape index (κ2) is 17.1. The van der Waals surface area contributed by atoms with Gasteiger partial charge in [0.2, 0.25) is 0 Å². The lowest BCUT2D eigenvalue weighted by Crippen LogP contribution is -2.02. The normalized spacial score (nSPS) is 15.1. The number of hydrogen-bond donors (Lipinski definition) is 0. The van der Waals surface area contributed by atoms with Crippen molar-refractivity contribution >= 4 is 23.2 Å². The molecule has 0 amide bonds. The summed E-state index contributed by atoms with van der Waals surface area (Å²) in [6.45, 7) is 0. The maximum Gasteiger partial charge on any atom is 0.135 e. The lowest BCUT2D eigenvalue weighted by molar-refractivity contribution is 0.485. The van der Waals surface area contributed by atoms with Crippen LogP contribution in [-0.2, 0) is 12.8 Å². The number of rotatable bonds is 16. The highest BCUT2D eigenvalue weighted by atomic mass is 35.5. The molecule has 2 aliphatic carbocycles. The first kappa shape index (κ1) is 37.5. The van der Waals surface area contributed by atoms with E-state index in [1.165, 1.54) is 36.8 Å². The van der Waals surface area contributed by atoms with Crippen molar-refractivity contribution in [3.63, 3.8) is 0 Å². The first-order valence-electron chi connectivity index (χ1n) is 19.8. The Bertz CT molecular complexity index is 2060. The Morgan fingerprint density at radius 3 is 1.29 bits per heavy atom. The maximum absolute atomic E-state index is 15.6. The number of aryl methyl sites for hydroxylation is 2. The van der Waals surface area contributed by atoms with Crippen LogP contribution in [0.3, 0.4) is 0 Å². The molecule has 55 heavy (non-hydrogen) atoms. The van der Waals surface area contributed by atoms with E-state index < -0.39 is 0 Å². The molecule has 6 aromatic carbocycles. The van der Waals surface area contributed by atoms with Gasteiger partial charge in [-0.3, -0.25) is 0 Å². The first-order valence-corrected chi connectivity index (χ1v) is 20.6. The van der Waals surface area contributed by atoms with Crippen LogP contribution in [0.4, 0.5) is 8.78 Å². The highest BCUT2D eigenvalue weighted by molar-refractivity contribution is 6.30. The Balaban J connectivity index is 0.975. The average molecular weight is 772 g/mol. The Hall–Kier alpha value is -4.44. The molecule has 6 aromatic rings. The molecular formula is C50H46Cl2F2O. The largest absolute Gasteiger partial charge is 0.456 e. The molecule has 280 valence electrons. The summed E-state index contributed by atoms with van der Waals surface area (Å²) in [6, 6.07) is 42.5. The molecule has 0 N–H and O–H groups in total. The van der Waals surface area contributed by atoms with Gasteiger partial charge in [0.15, 0.2) is 0 Å². The smallest absolute Gasteiger partial charge is 0.135 e. The second-order valence-corrected chi connectivity index (χ2v) is 16.4. The van der Waals surface area contributed by atoms with Crippen LogP contribution < -0.4 is 4.74 Å². The summed E-state index contributed by atoms with van der Waals surface area (Å²) < 4.78 is 37.8. The summed E-state index contributed by atoms with van der Waals surface area (Å²) >= 11 is 12.3. The van der Waals surface area contributed by atoms with Crippen LogP contribution in [0.25, 0.3) is 22.3 Å². The van der Waals surface area contributed by atoms with E-state index in [0.29, 0.717) is 45.6 Å². The number of para-hydroxylation sites is 2. The third kappa shape index (κ3) is 9.34. The highest BCUT2D eigenvalue weighted by Gasteiger charge is 2.32. The van der Waals surface area contributed by atoms with Gasteiger partial charge in [-0.05, 0) is 171 Å². The molecule has 2 aliphatic rings. The van der Waals surface area contributed by atoms with E-state index in [1.807, 2.05) is 97.1 Å². The third-order valence-corrected chi connectivity index (χ3v) is 12.1. The van der Waals surface area contributed by atoms with Crippen LogP contribution in [-0.4, -0.2) is 0 Å². The van der Waals surface area contributed by atoms with Crippen molar-refractivity contribution in [2.45, 2.75) is 76.0 Å².